The molecule has 1 fully saturated rings. The van der Waals surface area contributed by atoms with Crippen LogP contribution < -0.4 is 5.32 Å². The Kier molecular flexibility index (Phi) is 4.67. The van der Waals surface area contributed by atoms with E-state index in [-0.39, 0.29) is 0 Å². The molecule has 0 aliphatic heterocycles. The van der Waals surface area contributed by atoms with Crippen LogP contribution >= 0.6 is 0 Å². The van der Waals surface area contributed by atoms with Crippen LogP contribution in [0, 0.1) is 11.3 Å². The van der Waals surface area contributed by atoms with Crippen molar-refractivity contribution in [3.8, 4) is 0 Å². The van der Waals surface area contributed by atoms with E-state index in [4.69, 9.17) is 0 Å². The summed E-state index contributed by atoms with van der Waals surface area (Å²) in [5.74, 6) is 1.53. The second-order valence-corrected chi connectivity index (χ2v) is 5.94. The summed E-state index contributed by atoms with van der Waals surface area (Å²) in [4.78, 5) is 0. The van der Waals surface area contributed by atoms with E-state index in [9.17, 15) is 0 Å². The fraction of sp³-hybridized carbons (Fsp3) is 0.667. The molecule has 1 aliphatic carbocycles. The molecule has 3 atom stereocenters. The first-order chi connectivity index (χ1) is 9.25. The second kappa shape index (κ2) is 6.09. The van der Waals surface area contributed by atoms with Crippen molar-refractivity contribution in [2.24, 2.45) is 11.3 Å². The van der Waals surface area contributed by atoms with Gasteiger partial charge in [0.05, 0.1) is 0 Å². The fourth-order valence-corrected chi connectivity index (χ4v) is 4.54. The van der Waals surface area contributed by atoms with Crippen LogP contribution in [0.4, 0.5) is 0 Å². The molecule has 2 rings (SSSR count). The quantitative estimate of drug-likeness (QED) is 0.787. The van der Waals surface area contributed by atoms with Gasteiger partial charge in [0.15, 0.2) is 0 Å². The predicted molar refractivity (Wildman–Crippen MR) is 83.4 cm³/mol. The van der Waals surface area contributed by atoms with Crippen LogP contribution in [0.5, 0.6) is 0 Å². The van der Waals surface area contributed by atoms with Gasteiger partial charge in [-0.25, -0.2) is 0 Å². The number of hydrogen-bond donors (Lipinski definition) is 1. The molecule has 0 amide bonds. The summed E-state index contributed by atoms with van der Waals surface area (Å²) in [5.41, 5.74) is 2.00. The minimum absolute atomic E-state index is 0.456. The molecule has 1 aromatic carbocycles. The normalized spacial score (nSPS) is 28.9. The van der Waals surface area contributed by atoms with Crippen LogP contribution in [0.2, 0.25) is 0 Å². The Hall–Kier alpha value is -0.820. The van der Waals surface area contributed by atoms with Crippen molar-refractivity contribution in [3.05, 3.63) is 35.9 Å². The summed E-state index contributed by atoms with van der Waals surface area (Å²) in [5, 5.41) is 3.78. The van der Waals surface area contributed by atoms with Crippen molar-refractivity contribution in [1.82, 2.24) is 5.32 Å². The monoisotopic (exact) mass is 259 g/mol. The summed E-state index contributed by atoms with van der Waals surface area (Å²) in [6, 6.07) is 11.9. The van der Waals surface area contributed by atoms with Gasteiger partial charge in [0.2, 0.25) is 0 Å². The van der Waals surface area contributed by atoms with Gasteiger partial charge in [-0.15, -0.1) is 0 Å². The topological polar surface area (TPSA) is 12.0 Å². The van der Waals surface area contributed by atoms with Gasteiger partial charge in [-0.1, -0.05) is 64.4 Å². The van der Waals surface area contributed by atoms with E-state index in [0.29, 0.717) is 11.5 Å². The molecule has 1 saturated carbocycles. The Morgan fingerprint density at radius 3 is 2.11 bits per heavy atom. The number of hydrogen-bond acceptors (Lipinski definition) is 1. The van der Waals surface area contributed by atoms with E-state index in [0.717, 1.165) is 18.4 Å². The fourth-order valence-electron chi connectivity index (χ4n) is 4.54. The highest BCUT2D eigenvalue weighted by Gasteiger charge is 2.58. The van der Waals surface area contributed by atoms with Crippen molar-refractivity contribution < 1.29 is 0 Å². The summed E-state index contributed by atoms with van der Waals surface area (Å²) in [6.45, 7) is 10.4. The van der Waals surface area contributed by atoms with Gasteiger partial charge in [-0.05, 0) is 42.2 Å². The standard InChI is InChI=1S/C18H29N/c1-5-15-16(14-12-10-9-11-13-14)18(6-2,7-3)17(15)19-8-4/h9-13,15-17,19H,5-8H2,1-4H3. The molecule has 1 N–H and O–H groups in total. The third-order valence-electron chi connectivity index (χ3n) is 5.47. The van der Waals surface area contributed by atoms with Gasteiger partial charge >= 0.3 is 0 Å². The number of rotatable bonds is 6. The van der Waals surface area contributed by atoms with Crippen molar-refractivity contribution >= 4 is 0 Å². The Morgan fingerprint density at radius 1 is 1.00 bits per heavy atom. The number of benzene rings is 1. The Morgan fingerprint density at radius 2 is 1.63 bits per heavy atom. The first-order valence-electron chi connectivity index (χ1n) is 8.03. The van der Waals surface area contributed by atoms with Gasteiger partial charge < -0.3 is 5.32 Å². The lowest BCUT2D eigenvalue weighted by Crippen LogP contribution is -2.64. The zero-order valence-electron chi connectivity index (χ0n) is 12.9. The zero-order chi connectivity index (χ0) is 13.9. The van der Waals surface area contributed by atoms with Crippen LogP contribution in [0.15, 0.2) is 30.3 Å². The third-order valence-corrected chi connectivity index (χ3v) is 5.47. The lowest BCUT2D eigenvalue weighted by Gasteiger charge is -2.62. The Labute approximate surface area is 118 Å². The number of nitrogens with one attached hydrogen (secondary N) is 1. The average molecular weight is 259 g/mol. The molecule has 0 radical (unpaired) electrons. The van der Waals surface area contributed by atoms with Gasteiger partial charge in [0, 0.05) is 6.04 Å². The highest BCUT2D eigenvalue weighted by Crippen LogP contribution is 2.61. The Balaban J connectivity index is 2.34. The molecule has 106 valence electrons. The molecule has 0 saturated heterocycles. The zero-order valence-corrected chi connectivity index (χ0v) is 12.9. The third kappa shape index (κ3) is 2.23. The molecule has 1 nitrogen and oxygen atoms in total. The summed E-state index contributed by atoms with van der Waals surface area (Å²) >= 11 is 0. The van der Waals surface area contributed by atoms with Gasteiger partial charge in [0.1, 0.15) is 0 Å². The smallest absolute Gasteiger partial charge is 0.0163 e. The summed E-state index contributed by atoms with van der Waals surface area (Å²) in [7, 11) is 0. The maximum absolute atomic E-state index is 3.78. The largest absolute Gasteiger partial charge is 0.313 e. The predicted octanol–water partition coefficient (Wildman–Crippen LogP) is 4.59. The van der Waals surface area contributed by atoms with E-state index < -0.39 is 0 Å². The lowest BCUT2D eigenvalue weighted by molar-refractivity contribution is -0.0497. The molecule has 0 spiro atoms. The minimum Gasteiger partial charge on any atom is -0.313 e. The molecule has 3 unspecified atom stereocenters. The molecular formula is C18H29N. The van der Waals surface area contributed by atoms with Crippen molar-refractivity contribution in [2.45, 2.75) is 58.9 Å². The molecule has 1 heteroatoms. The molecule has 0 heterocycles. The average Bonchev–Trinajstić information content (AvgIpc) is 2.46. The van der Waals surface area contributed by atoms with Gasteiger partial charge in [-0.3, -0.25) is 0 Å². The first kappa shape index (κ1) is 14.6. The highest BCUT2D eigenvalue weighted by atomic mass is 15.0. The van der Waals surface area contributed by atoms with E-state index in [1.807, 2.05) is 0 Å². The summed E-state index contributed by atoms with van der Waals surface area (Å²) in [6.07, 6.45) is 3.83. The maximum Gasteiger partial charge on any atom is 0.0163 e. The SMILES string of the molecule is CCNC1C(CC)C(c2ccccc2)C1(CC)CC. The van der Waals surface area contributed by atoms with Gasteiger partial charge in [0.25, 0.3) is 0 Å². The minimum atomic E-state index is 0.456. The van der Waals surface area contributed by atoms with Crippen molar-refractivity contribution in [2.75, 3.05) is 6.54 Å². The van der Waals surface area contributed by atoms with Crippen LogP contribution in [0.25, 0.3) is 0 Å². The van der Waals surface area contributed by atoms with Crippen LogP contribution in [-0.4, -0.2) is 12.6 Å². The van der Waals surface area contributed by atoms with Crippen molar-refractivity contribution in [3.63, 3.8) is 0 Å². The molecular weight excluding hydrogens is 230 g/mol. The highest BCUT2D eigenvalue weighted by molar-refractivity contribution is 5.30. The lowest BCUT2D eigenvalue weighted by atomic mass is 9.45. The molecule has 1 aromatic rings. The first-order valence-corrected chi connectivity index (χ1v) is 8.03. The summed E-state index contributed by atoms with van der Waals surface area (Å²) < 4.78 is 0. The van der Waals surface area contributed by atoms with Crippen LogP contribution in [0.1, 0.15) is 58.4 Å². The van der Waals surface area contributed by atoms with E-state index in [1.165, 1.54) is 19.3 Å². The Bertz CT molecular complexity index is 380. The van der Waals surface area contributed by atoms with E-state index >= 15 is 0 Å². The molecule has 19 heavy (non-hydrogen) atoms. The van der Waals surface area contributed by atoms with Crippen LogP contribution in [0.3, 0.4) is 0 Å². The van der Waals surface area contributed by atoms with E-state index in [2.05, 4.69) is 63.3 Å². The molecule has 1 aliphatic rings. The molecule has 0 aromatic heterocycles. The van der Waals surface area contributed by atoms with E-state index in [1.54, 1.807) is 5.56 Å². The molecule has 0 bridgehead atoms. The maximum atomic E-state index is 3.78. The van der Waals surface area contributed by atoms with Crippen molar-refractivity contribution in [1.29, 1.82) is 0 Å². The second-order valence-electron chi connectivity index (χ2n) is 5.94. The van der Waals surface area contributed by atoms with Crippen LogP contribution in [-0.2, 0) is 0 Å². The van der Waals surface area contributed by atoms with Gasteiger partial charge in [-0.2, -0.15) is 0 Å².